The number of nitrogens with zero attached hydrogens (tertiary/aromatic N) is 2. The molecule has 0 spiro atoms. The summed E-state index contributed by atoms with van der Waals surface area (Å²) in [5.41, 5.74) is 0.720. The van der Waals surface area contributed by atoms with Crippen molar-refractivity contribution in [2.45, 2.75) is 23.5 Å². The van der Waals surface area contributed by atoms with Crippen LogP contribution < -0.4 is 0 Å². The Hall–Kier alpha value is -2.89. The fourth-order valence-corrected chi connectivity index (χ4v) is 4.85. The third kappa shape index (κ3) is 2.84. The SMILES string of the molecule is Cc1cccc(C2=CC(S(=O)(=O)c3ccccc3)CC2(C#N)C#N)c1. The molecule has 1 aliphatic carbocycles. The molecule has 0 saturated carbocycles. The molecule has 1 unspecified atom stereocenters. The number of benzene rings is 2. The van der Waals surface area contributed by atoms with Crippen molar-refractivity contribution in [1.29, 1.82) is 10.5 Å². The minimum absolute atomic E-state index is 0.0551. The highest BCUT2D eigenvalue weighted by Crippen LogP contribution is 2.47. The van der Waals surface area contributed by atoms with Gasteiger partial charge in [-0.1, -0.05) is 54.1 Å². The van der Waals surface area contributed by atoms with E-state index in [2.05, 4.69) is 12.1 Å². The zero-order valence-corrected chi connectivity index (χ0v) is 14.5. The average molecular weight is 348 g/mol. The Morgan fingerprint density at radius 1 is 1.04 bits per heavy atom. The van der Waals surface area contributed by atoms with Gasteiger partial charge in [-0.15, -0.1) is 0 Å². The number of aryl methyl sites for hydroxylation is 1. The number of rotatable bonds is 3. The van der Waals surface area contributed by atoms with Crippen LogP contribution in [0.15, 0.2) is 65.6 Å². The van der Waals surface area contributed by atoms with E-state index in [0.29, 0.717) is 11.1 Å². The maximum Gasteiger partial charge on any atom is 0.184 e. The highest BCUT2D eigenvalue weighted by atomic mass is 32.2. The molecule has 1 atom stereocenters. The molecular formula is C20H16N2O2S. The molecule has 0 aliphatic heterocycles. The van der Waals surface area contributed by atoms with E-state index in [1.165, 1.54) is 12.1 Å². The van der Waals surface area contributed by atoms with Crippen molar-refractivity contribution in [3.63, 3.8) is 0 Å². The zero-order valence-electron chi connectivity index (χ0n) is 13.7. The van der Waals surface area contributed by atoms with Crippen molar-refractivity contribution in [1.82, 2.24) is 0 Å². The van der Waals surface area contributed by atoms with Gasteiger partial charge in [-0.3, -0.25) is 0 Å². The lowest BCUT2D eigenvalue weighted by atomic mass is 9.80. The Balaban J connectivity index is 2.14. The molecule has 0 N–H and O–H groups in total. The molecule has 1 aliphatic rings. The fourth-order valence-electron chi connectivity index (χ4n) is 3.18. The minimum atomic E-state index is -3.66. The molecule has 0 heterocycles. The predicted octanol–water partition coefficient (Wildman–Crippen LogP) is 3.66. The van der Waals surface area contributed by atoms with Gasteiger partial charge in [-0.25, -0.2) is 8.42 Å². The van der Waals surface area contributed by atoms with Crippen LogP contribution in [0, 0.1) is 35.0 Å². The van der Waals surface area contributed by atoms with Crippen molar-refractivity contribution in [2.24, 2.45) is 5.41 Å². The monoisotopic (exact) mass is 348 g/mol. The second-order valence-corrected chi connectivity index (χ2v) is 8.35. The van der Waals surface area contributed by atoms with Crippen LogP contribution in [-0.2, 0) is 9.84 Å². The largest absolute Gasteiger partial charge is 0.223 e. The van der Waals surface area contributed by atoms with E-state index in [1.807, 2.05) is 25.1 Å². The topological polar surface area (TPSA) is 81.7 Å². The number of hydrogen-bond donors (Lipinski definition) is 0. The summed E-state index contributed by atoms with van der Waals surface area (Å²) in [6.07, 6.45) is 1.52. The van der Waals surface area contributed by atoms with Crippen molar-refractivity contribution in [2.75, 3.05) is 0 Å². The van der Waals surface area contributed by atoms with Gasteiger partial charge in [0.2, 0.25) is 0 Å². The van der Waals surface area contributed by atoms with Crippen LogP contribution in [0.25, 0.3) is 5.57 Å². The second-order valence-electron chi connectivity index (χ2n) is 6.18. The fraction of sp³-hybridized carbons (Fsp3) is 0.200. The molecule has 0 saturated heterocycles. The Morgan fingerprint density at radius 3 is 2.32 bits per heavy atom. The van der Waals surface area contributed by atoms with E-state index >= 15 is 0 Å². The van der Waals surface area contributed by atoms with E-state index in [0.717, 1.165) is 5.56 Å². The van der Waals surface area contributed by atoms with Gasteiger partial charge in [0.15, 0.2) is 15.3 Å². The third-order valence-electron chi connectivity index (χ3n) is 4.50. The molecular weight excluding hydrogens is 332 g/mol. The first-order valence-corrected chi connectivity index (χ1v) is 9.38. The lowest BCUT2D eigenvalue weighted by molar-refractivity contribution is 0.572. The van der Waals surface area contributed by atoms with Crippen LogP contribution in [0.3, 0.4) is 0 Å². The molecule has 3 rings (SSSR count). The van der Waals surface area contributed by atoms with Crippen LogP contribution in [0.5, 0.6) is 0 Å². The predicted molar refractivity (Wildman–Crippen MR) is 94.8 cm³/mol. The minimum Gasteiger partial charge on any atom is -0.223 e. The standard InChI is InChI=1S/C20H16N2O2S/c1-15-6-5-7-16(10-15)19-11-18(12-20(19,13-21)14-22)25(23,24)17-8-3-2-4-9-17/h2-11,18H,12H2,1H3. The highest BCUT2D eigenvalue weighted by Gasteiger charge is 2.47. The summed E-state index contributed by atoms with van der Waals surface area (Å²) in [6.45, 7) is 1.91. The van der Waals surface area contributed by atoms with E-state index in [4.69, 9.17) is 0 Å². The van der Waals surface area contributed by atoms with Crippen LogP contribution in [0.1, 0.15) is 17.5 Å². The van der Waals surface area contributed by atoms with Gasteiger partial charge >= 0.3 is 0 Å². The molecule has 5 heteroatoms. The van der Waals surface area contributed by atoms with E-state index < -0.39 is 20.5 Å². The lowest BCUT2D eigenvalue weighted by Gasteiger charge is -2.18. The first kappa shape index (κ1) is 17.0. The van der Waals surface area contributed by atoms with Gasteiger partial charge in [0.05, 0.1) is 22.3 Å². The van der Waals surface area contributed by atoms with Crippen LogP contribution in [0.2, 0.25) is 0 Å². The van der Waals surface area contributed by atoms with Gasteiger partial charge in [-0.2, -0.15) is 10.5 Å². The Morgan fingerprint density at radius 2 is 1.72 bits per heavy atom. The lowest BCUT2D eigenvalue weighted by Crippen LogP contribution is -2.23. The summed E-state index contributed by atoms with van der Waals surface area (Å²) in [5.74, 6) is 0. The summed E-state index contributed by atoms with van der Waals surface area (Å²) >= 11 is 0. The summed E-state index contributed by atoms with van der Waals surface area (Å²) in [5, 5.41) is 18.4. The molecule has 0 radical (unpaired) electrons. The van der Waals surface area contributed by atoms with Crippen molar-refractivity contribution in [3.8, 4) is 12.1 Å². The maximum atomic E-state index is 12.9. The molecule has 0 aromatic heterocycles. The van der Waals surface area contributed by atoms with Gasteiger partial charge in [0.25, 0.3) is 0 Å². The molecule has 0 bridgehead atoms. The highest BCUT2D eigenvalue weighted by molar-refractivity contribution is 7.92. The van der Waals surface area contributed by atoms with Crippen LogP contribution in [-0.4, -0.2) is 13.7 Å². The number of sulfone groups is 1. The van der Waals surface area contributed by atoms with Crippen LogP contribution >= 0.6 is 0 Å². The number of hydrogen-bond acceptors (Lipinski definition) is 4. The second kappa shape index (κ2) is 6.20. The Kier molecular flexibility index (Phi) is 4.20. The Labute approximate surface area is 147 Å². The molecule has 124 valence electrons. The first-order chi connectivity index (χ1) is 11.9. The first-order valence-electron chi connectivity index (χ1n) is 7.84. The molecule has 25 heavy (non-hydrogen) atoms. The van der Waals surface area contributed by atoms with Gasteiger partial charge < -0.3 is 0 Å². The smallest absolute Gasteiger partial charge is 0.184 e. The molecule has 4 nitrogen and oxygen atoms in total. The summed E-state index contributed by atoms with van der Waals surface area (Å²) in [4.78, 5) is 0.200. The normalized spacial score (nSPS) is 18.8. The average Bonchev–Trinajstić information content (AvgIpc) is 3.04. The van der Waals surface area contributed by atoms with Gasteiger partial charge in [-0.05, 0) is 30.2 Å². The van der Waals surface area contributed by atoms with Crippen molar-refractivity contribution < 1.29 is 8.42 Å². The third-order valence-corrected chi connectivity index (χ3v) is 6.53. The molecule has 2 aromatic rings. The summed E-state index contributed by atoms with van der Waals surface area (Å²) < 4.78 is 25.9. The van der Waals surface area contributed by atoms with Gasteiger partial charge in [0, 0.05) is 6.42 Å². The number of nitriles is 2. The van der Waals surface area contributed by atoms with Crippen molar-refractivity contribution >= 4 is 15.4 Å². The summed E-state index contributed by atoms with van der Waals surface area (Å²) in [6, 6.07) is 19.7. The quantitative estimate of drug-likeness (QED) is 0.847. The Bertz CT molecular complexity index is 1010. The molecule has 0 fully saturated rings. The van der Waals surface area contributed by atoms with E-state index in [9.17, 15) is 18.9 Å². The zero-order chi connectivity index (χ0) is 18.1. The molecule has 2 aromatic carbocycles. The van der Waals surface area contributed by atoms with E-state index in [-0.39, 0.29) is 11.3 Å². The van der Waals surface area contributed by atoms with Crippen LogP contribution in [0.4, 0.5) is 0 Å². The van der Waals surface area contributed by atoms with Gasteiger partial charge in [0.1, 0.15) is 0 Å². The van der Waals surface area contributed by atoms with E-state index in [1.54, 1.807) is 30.3 Å². The number of allylic oxidation sites excluding steroid dienone is 1. The maximum absolute atomic E-state index is 12.9. The molecule has 0 amide bonds. The van der Waals surface area contributed by atoms with Crippen molar-refractivity contribution in [3.05, 3.63) is 71.8 Å². The summed E-state index contributed by atoms with van der Waals surface area (Å²) in [7, 11) is -3.66.